The van der Waals surface area contributed by atoms with Gasteiger partial charge in [-0.1, -0.05) is 18.2 Å². The number of carbonyl (C=O) groups is 1. The smallest absolute Gasteiger partial charge is 0.223 e. The number of anilines is 1. The van der Waals surface area contributed by atoms with Crippen LogP contribution in [0.4, 0.5) is 5.69 Å². The number of hydrogen-bond acceptors (Lipinski definition) is 3. The van der Waals surface area contributed by atoms with E-state index >= 15 is 0 Å². The van der Waals surface area contributed by atoms with Crippen LogP contribution in [0.15, 0.2) is 24.3 Å². The van der Waals surface area contributed by atoms with Gasteiger partial charge in [-0.05, 0) is 24.5 Å². The first-order valence-corrected chi connectivity index (χ1v) is 7.41. The first-order chi connectivity index (χ1) is 9.78. The zero-order chi connectivity index (χ0) is 13.9. The summed E-state index contributed by atoms with van der Waals surface area (Å²) in [7, 11) is 1.75. The lowest BCUT2D eigenvalue weighted by atomic mass is 9.96. The number of ether oxygens (including phenoxy) is 1. The van der Waals surface area contributed by atoms with Gasteiger partial charge in [-0.2, -0.15) is 0 Å². The van der Waals surface area contributed by atoms with Gasteiger partial charge in [-0.15, -0.1) is 0 Å². The predicted octanol–water partition coefficient (Wildman–Crippen LogP) is 2.22. The van der Waals surface area contributed by atoms with Crippen molar-refractivity contribution >= 4 is 11.6 Å². The largest absolute Gasteiger partial charge is 0.384 e. The van der Waals surface area contributed by atoms with Gasteiger partial charge in [0.15, 0.2) is 0 Å². The fourth-order valence-electron chi connectivity index (χ4n) is 3.22. The molecule has 1 atom stereocenters. The number of benzene rings is 1. The van der Waals surface area contributed by atoms with Gasteiger partial charge in [0.1, 0.15) is 0 Å². The lowest BCUT2D eigenvalue weighted by Crippen LogP contribution is -2.41. The van der Waals surface area contributed by atoms with Crippen LogP contribution in [0.25, 0.3) is 0 Å². The third-order valence-electron chi connectivity index (χ3n) is 4.49. The van der Waals surface area contributed by atoms with E-state index in [9.17, 15) is 4.79 Å². The van der Waals surface area contributed by atoms with Crippen molar-refractivity contribution in [2.45, 2.75) is 31.3 Å². The minimum absolute atomic E-state index is 0.281. The van der Waals surface area contributed by atoms with E-state index in [1.165, 1.54) is 11.3 Å². The number of nitrogens with zero attached hydrogens (tertiary/aromatic N) is 1. The quantitative estimate of drug-likeness (QED) is 0.919. The second kappa shape index (κ2) is 5.83. The molecular formula is C16H22N2O2. The van der Waals surface area contributed by atoms with E-state index in [0.717, 1.165) is 32.5 Å². The molecule has 4 nitrogen and oxygen atoms in total. The number of carbonyl (C=O) groups excluding carboxylic acids is 1. The van der Waals surface area contributed by atoms with Crippen LogP contribution < -0.4 is 5.32 Å². The van der Waals surface area contributed by atoms with Gasteiger partial charge in [-0.25, -0.2) is 0 Å². The zero-order valence-electron chi connectivity index (χ0n) is 12.0. The normalized spacial score (nSPS) is 22.4. The minimum Gasteiger partial charge on any atom is -0.384 e. The number of para-hydroxylation sites is 1. The van der Waals surface area contributed by atoms with Gasteiger partial charge in [0.25, 0.3) is 0 Å². The Hall–Kier alpha value is -1.55. The summed E-state index contributed by atoms with van der Waals surface area (Å²) >= 11 is 0. The Morgan fingerprint density at radius 1 is 1.35 bits per heavy atom. The van der Waals surface area contributed by atoms with Crippen LogP contribution in [0.1, 0.15) is 30.7 Å². The van der Waals surface area contributed by atoms with Crippen LogP contribution in [-0.2, 0) is 9.53 Å². The molecule has 1 unspecified atom stereocenters. The van der Waals surface area contributed by atoms with E-state index in [0.29, 0.717) is 18.4 Å². The summed E-state index contributed by atoms with van der Waals surface area (Å²) in [6.07, 6.45) is 2.86. The van der Waals surface area contributed by atoms with E-state index in [4.69, 9.17) is 4.74 Å². The Balaban J connectivity index is 1.58. The van der Waals surface area contributed by atoms with Gasteiger partial charge in [-0.3, -0.25) is 4.79 Å². The maximum Gasteiger partial charge on any atom is 0.223 e. The number of hydrogen-bond donors (Lipinski definition) is 1. The minimum atomic E-state index is 0.281. The van der Waals surface area contributed by atoms with Crippen LogP contribution in [0.5, 0.6) is 0 Å². The number of fused-ring (bicyclic) bond motifs is 1. The second-order valence-electron chi connectivity index (χ2n) is 5.69. The predicted molar refractivity (Wildman–Crippen MR) is 78.9 cm³/mol. The van der Waals surface area contributed by atoms with Gasteiger partial charge in [0, 0.05) is 44.8 Å². The van der Waals surface area contributed by atoms with Gasteiger partial charge in [0.2, 0.25) is 5.91 Å². The lowest BCUT2D eigenvalue weighted by molar-refractivity contribution is -0.133. The number of piperidine rings is 1. The summed E-state index contributed by atoms with van der Waals surface area (Å²) in [5, 5.41) is 3.38. The van der Waals surface area contributed by atoms with Gasteiger partial charge < -0.3 is 15.0 Å². The third kappa shape index (κ3) is 2.66. The van der Waals surface area contributed by atoms with Gasteiger partial charge in [0.05, 0.1) is 6.10 Å². The van der Waals surface area contributed by atoms with Crippen LogP contribution in [0.3, 0.4) is 0 Å². The number of likely N-dealkylation sites (tertiary alicyclic amines) is 1. The molecule has 1 aromatic carbocycles. The molecular weight excluding hydrogens is 252 g/mol. The fourth-order valence-corrected chi connectivity index (χ4v) is 3.22. The second-order valence-corrected chi connectivity index (χ2v) is 5.69. The molecule has 0 aromatic heterocycles. The highest BCUT2D eigenvalue weighted by Gasteiger charge is 2.28. The Labute approximate surface area is 120 Å². The summed E-state index contributed by atoms with van der Waals surface area (Å²) in [5.74, 6) is 0.599. The van der Waals surface area contributed by atoms with Crippen molar-refractivity contribution in [3.05, 3.63) is 29.8 Å². The molecule has 1 N–H and O–H groups in total. The van der Waals surface area contributed by atoms with Crippen molar-refractivity contribution < 1.29 is 9.53 Å². The number of amides is 1. The van der Waals surface area contributed by atoms with Gasteiger partial charge >= 0.3 is 0 Å². The molecule has 2 aliphatic heterocycles. The van der Waals surface area contributed by atoms with Crippen molar-refractivity contribution in [2.75, 3.05) is 32.1 Å². The monoisotopic (exact) mass is 274 g/mol. The molecule has 0 saturated carbocycles. The molecule has 1 aromatic rings. The molecule has 0 radical (unpaired) electrons. The first-order valence-electron chi connectivity index (χ1n) is 7.41. The van der Waals surface area contributed by atoms with Crippen molar-refractivity contribution in [3.63, 3.8) is 0 Å². The average Bonchev–Trinajstić information content (AvgIpc) is 2.91. The molecule has 0 spiro atoms. The maximum atomic E-state index is 12.4. The highest BCUT2D eigenvalue weighted by molar-refractivity contribution is 5.78. The SMILES string of the molecule is COC1CCN(C(=O)CC2CNc3ccccc32)CC1. The molecule has 4 heteroatoms. The molecule has 2 heterocycles. The van der Waals surface area contributed by atoms with Crippen LogP contribution >= 0.6 is 0 Å². The standard InChI is InChI=1S/C16H22N2O2/c1-20-13-6-8-18(9-7-13)16(19)10-12-11-17-15-5-3-2-4-14(12)15/h2-5,12-13,17H,6-11H2,1H3. The van der Waals surface area contributed by atoms with E-state index in [2.05, 4.69) is 17.4 Å². The highest BCUT2D eigenvalue weighted by atomic mass is 16.5. The zero-order valence-corrected chi connectivity index (χ0v) is 12.0. The molecule has 2 aliphatic rings. The summed E-state index contributed by atoms with van der Waals surface area (Å²) in [6, 6.07) is 8.30. The summed E-state index contributed by atoms with van der Waals surface area (Å²) in [4.78, 5) is 14.4. The molecule has 3 rings (SSSR count). The maximum absolute atomic E-state index is 12.4. The Kier molecular flexibility index (Phi) is 3.92. The lowest BCUT2D eigenvalue weighted by Gasteiger charge is -2.32. The highest BCUT2D eigenvalue weighted by Crippen LogP contribution is 2.33. The van der Waals surface area contributed by atoms with Crippen molar-refractivity contribution in [2.24, 2.45) is 0 Å². The van der Waals surface area contributed by atoms with Crippen LogP contribution in [0.2, 0.25) is 0 Å². The van der Waals surface area contributed by atoms with Crippen LogP contribution in [-0.4, -0.2) is 43.7 Å². The molecule has 0 bridgehead atoms. The molecule has 1 amide bonds. The summed E-state index contributed by atoms with van der Waals surface area (Å²) < 4.78 is 5.35. The van der Waals surface area contributed by atoms with Crippen LogP contribution in [0, 0.1) is 0 Å². The van der Waals surface area contributed by atoms with Crippen molar-refractivity contribution in [1.82, 2.24) is 4.90 Å². The topological polar surface area (TPSA) is 41.6 Å². The van der Waals surface area contributed by atoms with E-state index < -0.39 is 0 Å². The molecule has 108 valence electrons. The Morgan fingerprint density at radius 3 is 2.85 bits per heavy atom. The number of rotatable bonds is 3. The Bertz CT molecular complexity index is 481. The number of methoxy groups -OCH3 is 1. The van der Waals surface area contributed by atoms with E-state index in [1.54, 1.807) is 7.11 Å². The van der Waals surface area contributed by atoms with Crippen molar-refractivity contribution in [3.8, 4) is 0 Å². The van der Waals surface area contributed by atoms with E-state index in [-0.39, 0.29) is 5.91 Å². The molecule has 20 heavy (non-hydrogen) atoms. The Morgan fingerprint density at radius 2 is 2.10 bits per heavy atom. The van der Waals surface area contributed by atoms with E-state index in [1.807, 2.05) is 17.0 Å². The summed E-state index contributed by atoms with van der Waals surface area (Å²) in [5.41, 5.74) is 2.47. The average molecular weight is 274 g/mol. The van der Waals surface area contributed by atoms with Crippen molar-refractivity contribution in [1.29, 1.82) is 0 Å². The fraction of sp³-hybridized carbons (Fsp3) is 0.562. The summed E-state index contributed by atoms with van der Waals surface area (Å²) in [6.45, 7) is 2.54. The number of nitrogens with one attached hydrogen (secondary N) is 1. The molecule has 0 aliphatic carbocycles. The first kappa shape index (κ1) is 13.4. The molecule has 1 saturated heterocycles. The third-order valence-corrected chi connectivity index (χ3v) is 4.49. The molecule has 1 fully saturated rings.